The highest BCUT2D eigenvalue weighted by molar-refractivity contribution is 7.98. The van der Waals surface area contributed by atoms with Gasteiger partial charge in [0.25, 0.3) is 0 Å². The minimum absolute atomic E-state index is 0.185. The molecule has 1 amide bonds. The molecule has 0 bridgehead atoms. The fourth-order valence-electron chi connectivity index (χ4n) is 5.21. The standard InChI is InChI=1S/C31H28F2N4OS/c32-31(33)14-13-25(27(18-31)30(38)35-16-15-34)26-17-23(11-12-24(26)21-7-3-1-4-8-21)39-20-29-36-19-28(37-29)22-9-5-2-6-10-22/h1-12,17,19,25,27H,13-14,16,18,20H2,(H,35,38)(H,36,37). The minimum Gasteiger partial charge on any atom is -0.343 e. The highest BCUT2D eigenvalue weighted by atomic mass is 32.2. The van der Waals surface area contributed by atoms with E-state index < -0.39 is 30.1 Å². The van der Waals surface area contributed by atoms with Gasteiger partial charge in [-0.2, -0.15) is 5.26 Å². The van der Waals surface area contributed by atoms with Crippen molar-refractivity contribution < 1.29 is 13.6 Å². The Morgan fingerprint density at radius 1 is 1.08 bits per heavy atom. The SMILES string of the molecule is N#CCNC(=O)C1CC(F)(F)CCC1c1cc(SCc2ncc(-c3ccccc3)[nH]2)ccc1-c1ccccc1. The van der Waals surface area contributed by atoms with Gasteiger partial charge in [-0.15, -0.1) is 11.8 Å². The van der Waals surface area contributed by atoms with Crippen LogP contribution in [0.25, 0.3) is 22.4 Å². The van der Waals surface area contributed by atoms with Crippen LogP contribution in [0.3, 0.4) is 0 Å². The van der Waals surface area contributed by atoms with Crippen molar-refractivity contribution in [2.45, 2.75) is 41.8 Å². The molecular formula is C31H28F2N4OS. The Kier molecular flexibility index (Phi) is 8.08. The van der Waals surface area contributed by atoms with Crippen molar-refractivity contribution in [1.82, 2.24) is 15.3 Å². The molecule has 39 heavy (non-hydrogen) atoms. The van der Waals surface area contributed by atoms with Crippen LogP contribution in [0.2, 0.25) is 0 Å². The van der Waals surface area contributed by atoms with Gasteiger partial charge in [0.15, 0.2) is 0 Å². The average molecular weight is 543 g/mol. The fourth-order valence-corrected chi connectivity index (χ4v) is 6.03. The number of halogens is 2. The summed E-state index contributed by atoms with van der Waals surface area (Å²) in [4.78, 5) is 21.8. The van der Waals surface area contributed by atoms with Crippen molar-refractivity contribution >= 4 is 17.7 Å². The van der Waals surface area contributed by atoms with Gasteiger partial charge in [-0.25, -0.2) is 13.8 Å². The zero-order valence-corrected chi connectivity index (χ0v) is 22.1. The van der Waals surface area contributed by atoms with Crippen LogP contribution in [-0.4, -0.2) is 28.3 Å². The number of thioether (sulfide) groups is 1. The number of carbonyl (C=O) groups excluding carboxylic acids is 1. The minimum atomic E-state index is -2.92. The number of amides is 1. The van der Waals surface area contributed by atoms with E-state index in [9.17, 15) is 13.6 Å². The predicted octanol–water partition coefficient (Wildman–Crippen LogP) is 7.19. The molecule has 2 unspecified atom stereocenters. The lowest BCUT2D eigenvalue weighted by Gasteiger charge is -2.36. The van der Waals surface area contributed by atoms with Gasteiger partial charge in [0, 0.05) is 17.7 Å². The third-order valence-corrected chi connectivity index (χ3v) is 8.10. The van der Waals surface area contributed by atoms with Crippen molar-refractivity contribution in [2.75, 3.05) is 6.54 Å². The van der Waals surface area contributed by atoms with E-state index in [-0.39, 0.29) is 19.4 Å². The number of aromatic amines is 1. The Morgan fingerprint density at radius 2 is 1.79 bits per heavy atom. The van der Waals surface area contributed by atoms with Gasteiger partial charge < -0.3 is 10.3 Å². The van der Waals surface area contributed by atoms with Crippen molar-refractivity contribution in [3.63, 3.8) is 0 Å². The van der Waals surface area contributed by atoms with Crippen LogP contribution in [0, 0.1) is 17.2 Å². The van der Waals surface area contributed by atoms with E-state index in [1.54, 1.807) is 11.8 Å². The van der Waals surface area contributed by atoms with Gasteiger partial charge in [-0.05, 0) is 46.7 Å². The maximum atomic E-state index is 14.5. The molecule has 1 heterocycles. The van der Waals surface area contributed by atoms with Crippen LogP contribution < -0.4 is 5.32 Å². The number of hydrogen-bond acceptors (Lipinski definition) is 4. The number of benzene rings is 3. The quantitative estimate of drug-likeness (QED) is 0.182. The number of nitrogens with zero attached hydrogens (tertiary/aromatic N) is 2. The van der Waals surface area contributed by atoms with E-state index in [4.69, 9.17) is 5.26 Å². The van der Waals surface area contributed by atoms with Gasteiger partial charge in [0.2, 0.25) is 11.8 Å². The molecule has 0 aliphatic heterocycles. The number of nitriles is 1. The first-order valence-electron chi connectivity index (χ1n) is 12.9. The summed E-state index contributed by atoms with van der Waals surface area (Å²) in [5.41, 5.74) is 4.78. The van der Waals surface area contributed by atoms with E-state index in [0.29, 0.717) is 5.75 Å². The highest BCUT2D eigenvalue weighted by Gasteiger charge is 2.45. The van der Waals surface area contributed by atoms with Crippen molar-refractivity contribution in [3.05, 3.63) is 96.4 Å². The second-order valence-corrected chi connectivity index (χ2v) is 10.7. The van der Waals surface area contributed by atoms with Crippen LogP contribution >= 0.6 is 11.8 Å². The summed E-state index contributed by atoms with van der Waals surface area (Å²) in [5, 5.41) is 11.4. The molecule has 0 spiro atoms. The van der Waals surface area contributed by atoms with E-state index in [0.717, 1.165) is 38.7 Å². The van der Waals surface area contributed by atoms with Gasteiger partial charge in [-0.3, -0.25) is 4.79 Å². The van der Waals surface area contributed by atoms with E-state index in [1.807, 2.05) is 91.1 Å². The molecule has 1 aliphatic rings. The number of H-pyrrole nitrogens is 1. The summed E-state index contributed by atoms with van der Waals surface area (Å²) in [5.74, 6) is -3.30. The molecule has 198 valence electrons. The zero-order valence-electron chi connectivity index (χ0n) is 21.2. The number of hydrogen-bond donors (Lipinski definition) is 2. The third-order valence-electron chi connectivity index (χ3n) is 7.10. The Balaban J connectivity index is 1.44. The molecule has 0 saturated heterocycles. The molecule has 5 rings (SSSR count). The summed E-state index contributed by atoms with van der Waals surface area (Å²) >= 11 is 1.60. The van der Waals surface area contributed by atoms with Crippen molar-refractivity contribution in [1.29, 1.82) is 5.26 Å². The Labute approximate surface area is 230 Å². The largest absolute Gasteiger partial charge is 0.343 e. The van der Waals surface area contributed by atoms with Gasteiger partial charge in [0.1, 0.15) is 12.4 Å². The summed E-state index contributed by atoms with van der Waals surface area (Å²) in [6.07, 6.45) is 1.20. The summed E-state index contributed by atoms with van der Waals surface area (Å²) < 4.78 is 29.0. The lowest BCUT2D eigenvalue weighted by atomic mass is 9.72. The zero-order chi connectivity index (χ0) is 27.2. The molecule has 1 fully saturated rings. The smallest absolute Gasteiger partial charge is 0.249 e. The topological polar surface area (TPSA) is 81.6 Å². The maximum absolute atomic E-state index is 14.5. The van der Waals surface area contributed by atoms with E-state index in [1.165, 1.54) is 0 Å². The molecular weight excluding hydrogens is 514 g/mol. The molecule has 1 aliphatic carbocycles. The Hall–Kier alpha value is -3.96. The number of imidazole rings is 1. The molecule has 1 aromatic heterocycles. The Morgan fingerprint density at radius 3 is 2.51 bits per heavy atom. The first-order chi connectivity index (χ1) is 18.9. The first kappa shape index (κ1) is 26.6. The van der Waals surface area contributed by atoms with Crippen LogP contribution in [0.4, 0.5) is 8.78 Å². The molecule has 2 N–H and O–H groups in total. The second-order valence-electron chi connectivity index (χ2n) is 9.70. The molecule has 1 saturated carbocycles. The first-order valence-corrected chi connectivity index (χ1v) is 13.9. The number of aromatic nitrogens is 2. The lowest BCUT2D eigenvalue weighted by molar-refractivity contribution is -0.133. The third kappa shape index (κ3) is 6.37. The van der Waals surface area contributed by atoms with E-state index in [2.05, 4.69) is 15.3 Å². The highest BCUT2D eigenvalue weighted by Crippen LogP contribution is 2.48. The second kappa shape index (κ2) is 11.8. The van der Waals surface area contributed by atoms with E-state index >= 15 is 0 Å². The molecule has 5 nitrogen and oxygen atoms in total. The monoisotopic (exact) mass is 542 g/mol. The molecule has 4 aromatic rings. The summed E-state index contributed by atoms with van der Waals surface area (Å²) in [7, 11) is 0. The van der Waals surface area contributed by atoms with Gasteiger partial charge in [0.05, 0.1) is 29.6 Å². The van der Waals surface area contributed by atoms with Crippen LogP contribution in [0.15, 0.2) is 90.0 Å². The van der Waals surface area contributed by atoms with Crippen molar-refractivity contribution in [2.24, 2.45) is 5.92 Å². The lowest BCUT2D eigenvalue weighted by Crippen LogP contribution is -2.41. The molecule has 0 radical (unpaired) electrons. The summed E-state index contributed by atoms with van der Waals surface area (Å²) in [6, 6.07) is 27.7. The van der Waals surface area contributed by atoms with Crippen LogP contribution in [0.1, 0.15) is 36.6 Å². The fraction of sp³-hybridized carbons (Fsp3) is 0.258. The van der Waals surface area contributed by atoms with Crippen molar-refractivity contribution in [3.8, 4) is 28.5 Å². The number of alkyl halides is 2. The predicted molar refractivity (Wildman–Crippen MR) is 149 cm³/mol. The molecule has 3 aromatic carbocycles. The number of nitrogens with one attached hydrogen (secondary N) is 2. The molecule has 2 atom stereocenters. The maximum Gasteiger partial charge on any atom is 0.249 e. The normalized spacial score (nSPS) is 18.3. The number of carbonyl (C=O) groups is 1. The van der Waals surface area contributed by atoms with Crippen LogP contribution in [-0.2, 0) is 10.5 Å². The molecule has 8 heteroatoms. The van der Waals surface area contributed by atoms with Crippen LogP contribution in [0.5, 0.6) is 0 Å². The number of rotatable bonds is 8. The Bertz CT molecular complexity index is 1470. The van der Waals surface area contributed by atoms with Gasteiger partial charge >= 0.3 is 0 Å². The summed E-state index contributed by atoms with van der Waals surface area (Å²) in [6.45, 7) is -0.205. The van der Waals surface area contributed by atoms with Gasteiger partial charge in [-0.1, -0.05) is 66.7 Å². The average Bonchev–Trinajstić information content (AvgIpc) is 3.44.